The number of rotatable bonds is 3. The van der Waals surface area contributed by atoms with E-state index in [9.17, 15) is 0 Å². The van der Waals surface area contributed by atoms with Crippen LogP contribution < -0.4 is 5.73 Å². The molecule has 18 heavy (non-hydrogen) atoms. The van der Waals surface area contributed by atoms with E-state index in [1.807, 2.05) is 7.11 Å². The van der Waals surface area contributed by atoms with Crippen molar-refractivity contribution < 1.29 is 4.74 Å². The van der Waals surface area contributed by atoms with Crippen LogP contribution in [-0.4, -0.2) is 42.8 Å². The van der Waals surface area contributed by atoms with Gasteiger partial charge in [-0.2, -0.15) is 0 Å². The summed E-state index contributed by atoms with van der Waals surface area (Å²) >= 11 is 0. The highest BCUT2D eigenvalue weighted by Crippen LogP contribution is 2.53. The molecule has 0 amide bonds. The second kappa shape index (κ2) is 4.46. The number of hydrogen-bond acceptors (Lipinski definition) is 3. The fourth-order valence-electron chi connectivity index (χ4n) is 4.93. The zero-order valence-electron chi connectivity index (χ0n) is 12.0. The van der Waals surface area contributed by atoms with Crippen LogP contribution in [0.25, 0.3) is 0 Å². The predicted octanol–water partition coefficient (Wildman–Crippen LogP) is 2.00. The Balaban J connectivity index is 1.80. The van der Waals surface area contributed by atoms with Gasteiger partial charge in [0.2, 0.25) is 0 Å². The molecule has 1 heterocycles. The van der Waals surface area contributed by atoms with Gasteiger partial charge in [0, 0.05) is 25.7 Å². The zero-order valence-corrected chi connectivity index (χ0v) is 12.0. The molecule has 3 heteroatoms. The Hall–Kier alpha value is -0.120. The molecule has 0 spiro atoms. The van der Waals surface area contributed by atoms with E-state index in [1.54, 1.807) is 0 Å². The van der Waals surface area contributed by atoms with Crippen LogP contribution in [0, 0.1) is 11.8 Å². The Labute approximate surface area is 111 Å². The molecule has 4 unspecified atom stereocenters. The van der Waals surface area contributed by atoms with E-state index < -0.39 is 0 Å². The topological polar surface area (TPSA) is 38.5 Å². The Morgan fingerprint density at radius 1 is 1.39 bits per heavy atom. The lowest BCUT2D eigenvalue weighted by atomic mass is 9.77. The van der Waals surface area contributed by atoms with Crippen LogP contribution in [0.4, 0.5) is 0 Å². The van der Waals surface area contributed by atoms with Gasteiger partial charge in [0.15, 0.2) is 0 Å². The molecule has 2 bridgehead atoms. The lowest BCUT2D eigenvalue weighted by Crippen LogP contribution is -2.63. The maximum absolute atomic E-state index is 6.23. The molecule has 0 aromatic carbocycles. The van der Waals surface area contributed by atoms with Crippen molar-refractivity contribution in [2.45, 2.75) is 56.6 Å². The summed E-state index contributed by atoms with van der Waals surface area (Å²) in [6, 6.07) is 0. The van der Waals surface area contributed by atoms with Crippen LogP contribution in [-0.2, 0) is 4.74 Å². The number of piperidine rings is 1. The van der Waals surface area contributed by atoms with Crippen molar-refractivity contribution in [1.82, 2.24) is 4.90 Å². The average Bonchev–Trinajstić information content (AvgIpc) is 2.99. The fraction of sp³-hybridized carbons (Fsp3) is 1.00. The summed E-state index contributed by atoms with van der Waals surface area (Å²) in [6.07, 6.45) is 8.06. The second-order valence-electron chi connectivity index (χ2n) is 7.07. The summed E-state index contributed by atoms with van der Waals surface area (Å²) in [5.41, 5.74) is 6.59. The van der Waals surface area contributed by atoms with Crippen LogP contribution >= 0.6 is 0 Å². The van der Waals surface area contributed by atoms with Gasteiger partial charge in [-0.3, -0.25) is 4.90 Å². The normalized spacial score (nSPS) is 48.8. The maximum atomic E-state index is 6.23. The van der Waals surface area contributed by atoms with Crippen LogP contribution in [0.15, 0.2) is 0 Å². The number of fused-ring (bicyclic) bond motifs is 2. The molecule has 104 valence electrons. The van der Waals surface area contributed by atoms with E-state index in [-0.39, 0.29) is 5.60 Å². The number of hydrogen-bond donors (Lipinski definition) is 1. The Morgan fingerprint density at radius 2 is 2.22 bits per heavy atom. The number of methoxy groups -OCH3 is 1. The highest BCUT2D eigenvalue weighted by Gasteiger charge is 2.54. The van der Waals surface area contributed by atoms with Gasteiger partial charge in [-0.1, -0.05) is 6.42 Å². The Kier molecular flexibility index (Phi) is 3.20. The number of nitrogens with two attached hydrogens (primary N) is 1. The smallest absolute Gasteiger partial charge is 0.0777 e. The summed E-state index contributed by atoms with van der Waals surface area (Å²) in [7, 11) is 1.86. The molecular formula is C15H28N2O. The van der Waals surface area contributed by atoms with Gasteiger partial charge in [0.25, 0.3) is 0 Å². The minimum absolute atomic E-state index is 0.0439. The number of nitrogens with zero attached hydrogens (tertiary/aromatic N) is 1. The van der Waals surface area contributed by atoms with E-state index in [2.05, 4.69) is 11.8 Å². The molecule has 2 saturated carbocycles. The maximum Gasteiger partial charge on any atom is 0.0777 e. The zero-order chi connectivity index (χ0) is 12.8. The Bertz CT molecular complexity index is 322. The molecule has 4 atom stereocenters. The van der Waals surface area contributed by atoms with Crippen LogP contribution in [0.1, 0.15) is 45.4 Å². The van der Waals surface area contributed by atoms with Gasteiger partial charge in [0.1, 0.15) is 0 Å². The summed E-state index contributed by atoms with van der Waals surface area (Å²) in [5.74, 6) is 1.81. The van der Waals surface area contributed by atoms with Crippen molar-refractivity contribution in [3.8, 4) is 0 Å². The largest absolute Gasteiger partial charge is 0.377 e. The summed E-state index contributed by atoms with van der Waals surface area (Å²) in [4.78, 5) is 2.70. The van der Waals surface area contributed by atoms with Gasteiger partial charge in [-0.15, -0.1) is 0 Å². The predicted molar refractivity (Wildman–Crippen MR) is 73.5 cm³/mol. The van der Waals surface area contributed by atoms with Crippen molar-refractivity contribution >= 4 is 0 Å². The monoisotopic (exact) mass is 252 g/mol. The Morgan fingerprint density at radius 3 is 2.78 bits per heavy atom. The van der Waals surface area contributed by atoms with Gasteiger partial charge in [-0.25, -0.2) is 0 Å². The third-order valence-corrected chi connectivity index (χ3v) is 6.08. The first-order valence-electron chi connectivity index (χ1n) is 7.62. The summed E-state index contributed by atoms with van der Waals surface area (Å²) in [5, 5.41) is 0. The minimum Gasteiger partial charge on any atom is -0.377 e. The van der Waals surface area contributed by atoms with Gasteiger partial charge < -0.3 is 10.5 Å². The third kappa shape index (κ3) is 1.83. The van der Waals surface area contributed by atoms with E-state index in [1.165, 1.54) is 45.1 Å². The molecule has 2 aliphatic carbocycles. The molecule has 0 aromatic rings. The molecule has 3 nitrogen and oxygen atoms in total. The molecule has 1 saturated heterocycles. The summed E-state index contributed by atoms with van der Waals surface area (Å²) in [6.45, 7) is 5.40. The van der Waals surface area contributed by atoms with E-state index >= 15 is 0 Å². The number of ether oxygens (including phenoxy) is 1. The molecule has 3 aliphatic rings. The highest BCUT2D eigenvalue weighted by atomic mass is 16.5. The second-order valence-corrected chi connectivity index (χ2v) is 7.07. The third-order valence-electron chi connectivity index (χ3n) is 6.08. The van der Waals surface area contributed by atoms with Crippen LogP contribution in [0.2, 0.25) is 0 Å². The lowest BCUT2D eigenvalue weighted by Gasteiger charge is -2.52. The highest BCUT2D eigenvalue weighted by molar-refractivity contribution is 5.09. The van der Waals surface area contributed by atoms with E-state index in [0.717, 1.165) is 24.9 Å². The first-order valence-corrected chi connectivity index (χ1v) is 7.62. The van der Waals surface area contributed by atoms with Gasteiger partial charge in [-0.05, 0) is 57.4 Å². The lowest BCUT2D eigenvalue weighted by molar-refractivity contribution is -0.0913. The van der Waals surface area contributed by atoms with E-state index in [4.69, 9.17) is 10.5 Å². The van der Waals surface area contributed by atoms with Crippen molar-refractivity contribution in [3.05, 3.63) is 0 Å². The minimum atomic E-state index is 0.0439. The van der Waals surface area contributed by atoms with Crippen molar-refractivity contribution in [2.24, 2.45) is 17.6 Å². The summed E-state index contributed by atoms with van der Waals surface area (Å²) < 4.78 is 5.76. The van der Waals surface area contributed by atoms with Crippen LogP contribution in [0.3, 0.4) is 0 Å². The van der Waals surface area contributed by atoms with Crippen molar-refractivity contribution in [3.63, 3.8) is 0 Å². The standard InChI is InChI=1S/C15H28N2O/c1-14(18-2)6-3-7-17(11-14)15(10-16)9-12-4-5-13(15)8-12/h12-13H,3-11,16H2,1-2H3. The first kappa shape index (κ1) is 12.9. The first-order chi connectivity index (χ1) is 8.62. The molecule has 0 radical (unpaired) electrons. The molecule has 3 fully saturated rings. The van der Waals surface area contributed by atoms with Gasteiger partial charge in [0.05, 0.1) is 5.60 Å². The van der Waals surface area contributed by atoms with Gasteiger partial charge >= 0.3 is 0 Å². The van der Waals surface area contributed by atoms with E-state index in [0.29, 0.717) is 5.54 Å². The molecule has 3 rings (SSSR count). The fourth-order valence-corrected chi connectivity index (χ4v) is 4.93. The number of likely N-dealkylation sites (tertiary alicyclic amines) is 1. The van der Waals surface area contributed by atoms with Crippen molar-refractivity contribution in [1.29, 1.82) is 0 Å². The SMILES string of the molecule is COC1(C)CCCN(C2(CN)CC3CCC2C3)C1. The quantitative estimate of drug-likeness (QED) is 0.835. The van der Waals surface area contributed by atoms with Crippen LogP contribution in [0.5, 0.6) is 0 Å². The molecule has 1 aliphatic heterocycles. The van der Waals surface area contributed by atoms with Crippen molar-refractivity contribution in [2.75, 3.05) is 26.7 Å². The molecular weight excluding hydrogens is 224 g/mol. The molecule has 0 aromatic heterocycles. The molecule has 2 N–H and O–H groups in total. The average molecular weight is 252 g/mol.